The van der Waals surface area contributed by atoms with E-state index in [1.165, 1.54) is 65.6 Å². The third-order valence-electron chi connectivity index (χ3n) is 7.17. The highest BCUT2D eigenvalue weighted by Crippen LogP contribution is 2.35. The van der Waals surface area contributed by atoms with Gasteiger partial charge < -0.3 is 4.57 Å². The lowest BCUT2D eigenvalue weighted by molar-refractivity contribution is 1.01. The summed E-state index contributed by atoms with van der Waals surface area (Å²) >= 11 is 0. The van der Waals surface area contributed by atoms with E-state index < -0.39 is 0 Å². The van der Waals surface area contributed by atoms with Crippen molar-refractivity contribution in [2.75, 3.05) is 0 Å². The summed E-state index contributed by atoms with van der Waals surface area (Å²) in [6.45, 7) is 0. The summed E-state index contributed by atoms with van der Waals surface area (Å²) in [7, 11) is 2.16. The van der Waals surface area contributed by atoms with Crippen LogP contribution in [0.5, 0.6) is 0 Å². The Morgan fingerprint density at radius 3 is 1.24 bits per heavy atom. The molecule has 0 spiro atoms. The van der Waals surface area contributed by atoms with E-state index in [1.54, 1.807) is 0 Å². The van der Waals surface area contributed by atoms with Crippen molar-refractivity contribution in [2.45, 2.75) is 0 Å². The van der Waals surface area contributed by atoms with Crippen LogP contribution in [0.4, 0.5) is 0 Å². The Morgan fingerprint density at radius 1 is 0.382 bits per heavy atom. The van der Waals surface area contributed by atoms with Crippen molar-refractivity contribution in [2.24, 2.45) is 7.05 Å². The molecule has 0 radical (unpaired) electrons. The van der Waals surface area contributed by atoms with Crippen LogP contribution in [0.2, 0.25) is 0 Å². The second-order valence-corrected chi connectivity index (χ2v) is 9.15. The average molecular weight is 434 g/mol. The van der Waals surface area contributed by atoms with Crippen LogP contribution in [0, 0.1) is 0 Å². The topological polar surface area (TPSA) is 4.93 Å². The molecule has 0 saturated carbocycles. The van der Waals surface area contributed by atoms with Gasteiger partial charge in [0.15, 0.2) is 0 Å². The number of aryl methyl sites for hydroxylation is 1. The van der Waals surface area contributed by atoms with Crippen molar-refractivity contribution in [3.8, 4) is 22.3 Å². The minimum Gasteiger partial charge on any atom is -0.344 e. The minimum absolute atomic E-state index is 1.25. The van der Waals surface area contributed by atoms with Crippen LogP contribution in [-0.4, -0.2) is 4.57 Å². The van der Waals surface area contributed by atoms with Crippen molar-refractivity contribution < 1.29 is 0 Å². The summed E-state index contributed by atoms with van der Waals surface area (Å²) in [6.07, 6.45) is 0. The molecule has 0 amide bonds. The predicted octanol–water partition coefficient (Wildman–Crippen LogP) is 8.97. The first-order chi connectivity index (χ1) is 16.7. The molecular weight excluding hydrogens is 410 g/mol. The number of rotatable bonds is 2. The fraction of sp³-hybridized carbons (Fsp3) is 0.0303. The van der Waals surface area contributed by atoms with Crippen LogP contribution < -0.4 is 0 Å². The molecule has 0 unspecified atom stereocenters. The van der Waals surface area contributed by atoms with E-state index in [4.69, 9.17) is 0 Å². The third kappa shape index (κ3) is 2.94. The minimum atomic E-state index is 1.25. The van der Waals surface area contributed by atoms with Crippen LogP contribution in [0.1, 0.15) is 0 Å². The molecule has 34 heavy (non-hydrogen) atoms. The Hall–Kier alpha value is -4.36. The molecular formula is C33H23N. The van der Waals surface area contributed by atoms with E-state index in [0.717, 1.165) is 0 Å². The van der Waals surface area contributed by atoms with Gasteiger partial charge in [-0.15, -0.1) is 0 Å². The Kier molecular flexibility index (Phi) is 4.13. The molecule has 1 heteroatoms. The molecule has 1 heterocycles. The molecule has 0 N–H and O–H groups in total. The van der Waals surface area contributed by atoms with Gasteiger partial charge in [-0.1, -0.05) is 84.9 Å². The molecule has 0 bridgehead atoms. The van der Waals surface area contributed by atoms with Gasteiger partial charge in [-0.2, -0.15) is 0 Å². The maximum absolute atomic E-state index is 2.35. The van der Waals surface area contributed by atoms with Crippen LogP contribution >= 0.6 is 0 Å². The predicted molar refractivity (Wildman–Crippen MR) is 146 cm³/mol. The number of benzene rings is 6. The molecule has 7 aromatic rings. The lowest BCUT2D eigenvalue weighted by Crippen LogP contribution is -1.86. The maximum Gasteiger partial charge on any atom is 0.0489 e. The SMILES string of the molecule is Cn1c2ccc(-c3ccc4ccccc4c3)cc2c2cc(-c3ccc4ccccc4c3)ccc21. The van der Waals surface area contributed by atoms with Gasteiger partial charge in [-0.25, -0.2) is 0 Å². The normalized spacial score (nSPS) is 11.7. The van der Waals surface area contributed by atoms with Crippen molar-refractivity contribution >= 4 is 43.4 Å². The van der Waals surface area contributed by atoms with Crippen LogP contribution in [0.3, 0.4) is 0 Å². The zero-order valence-electron chi connectivity index (χ0n) is 19.0. The molecule has 1 aromatic heterocycles. The fourth-order valence-corrected chi connectivity index (χ4v) is 5.32. The molecule has 0 saturated heterocycles. The second kappa shape index (κ2) is 7.33. The monoisotopic (exact) mass is 433 g/mol. The highest BCUT2D eigenvalue weighted by atomic mass is 14.9. The summed E-state index contributed by atoms with van der Waals surface area (Å²) < 4.78 is 2.30. The summed E-state index contributed by atoms with van der Waals surface area (Å²) in [5, 5.41) is 7.69. The lowest BCUT2D eigenvalue weighted by atomic mass is 9.98. The number of aromatic nitrogens is 1. The molecule has 0 aliphatic heterocycles. The van der Waals surface area contributed by atoms with Gasteiger partial charge in [0.1, 0.15) is 0 Å². The molecule has 1 nitrogen and oxygen atoms in total. The smallest absolute Gasteiger partial charge is 0.0489 e. The third-order valence-corrected chi connectivity index (χ3v) is 7.17. The largest absolute Gasteiger partial charge is 0.344 e. The molecule has 0 fully saturated rings. The van der Waals surface area contributed by atoms with Crippen LogP contribution in [0.15, 0.2) is 121 Å². The van der Waals surface area contributed by atoms with E-state index in [-0.39, 0.29) is 0 Å². The van der Waals surface area contributed by atoms with E-state index >= 15 is 0 Å². The van der Waals surface area contributed by atoms with Gasteiger partial charge in [-0.05, 0) is 80.2 Å². The quantitative estimate of drug-likeness (QED) is 0.256. The standard InChI is InChI=1S/C33H23N/c1-34-32-16-14-28(26-12-10-22-6-2-4-8-24(22)18-26)20-30(32)31-21-29(15-17-33(31)34)27-13-11-23-7-3-5-9-25(23)19-27/h2-21H,1H3. The second-order valence-electron chi connectivity index (χ2n) is 9.15. The van der Waals surface area contributed by atoms with Gasteiger partial charge in [0.25, 0.3) is 0 Å². The van der Waals surface area contributed by atoms with Crippen molar-refractivity contribution in [3.05, 3.63) is 121 Å². The molecule has 6 aromatic carbocycles. The zero-order chi connectivity index (χ0) is 22.6. The van der Waals surface area contributed by atoms with Gasteiger partial charge in [0.05, 0.1) is 0 Å². The molecule has 0 aliphatic rings. The maximum atomic E-state index is 2.35. The van der Waals surface area contributed by atoms with Crippen LogP contribution in [0.25, 0.3) is 65.6 Å². The number of hydrogen-bond acceptors (Lipinski definition) is 0. The van der Waals surface area contributed by atoms with Gasteiger partial charge in [0, 0.05) is 28.9 Å². The average Bonchev–Trinajstić information content (AvgIpc) is 3.18. The summed E-state index contributed by atoms with van der Waals surface area (Å²) in [5.74, 6) is 0. The van der Waals surface area contributed by atoms with E-state index in [1.807, 2.05) is 0 Å². The molecule has 7 rings (SSSR count). The number of nitrogens with zero attached hydrogens (tertiary/aromatic N) is 1. The van der Waals surface area contributed by atoms with E-state index in [0.29, 0.717) is 0 Å². The summed E-state index contributed by atoms with van der Waals surface area (Å²) in [5.41, 5.74) is 7.53. The van der Waals surface area contributed by atoms with E-state index in [2.05, 4.69) is 133 Å². The molecule has 0 atom stereocenters. The Labute approximate surface area is 198 Å². The Morgan fingerprint density at radius 2 is 0.765 bits per heavy atom. The number of fused-ring (bicyclic) bond motifs is 5. The lowest BCUT2D eigenvalue weighted by Gasteiger charge is -2.06. The number of hydrogen-bond donors (Lipinski definition) is 0. The fourth-order valence-electron chi connectivity index (χ4n) is 5.32. The van der Waals surface area contributed by atoms with Gasteiger partial charge in [0.2, 0.25) is 0 Å². The highest BCUT2D eigenvalue weighted by Gasteiger charge is 2.12. The van der Waals surface area contributed by atoms with Crippen LogP contribution in [-0.2, 0) is 7.05 Å². The first-order valence-corrected chi connectivity index (χ1v) is 11.8. The molecule has 160 valence electrons. The molecule has 0 aliphatic carbocycles. The Bertz CT molecular complexity index is 1730. The zero-order valence-corrected chi connectivity index (χ0v) is 19.0. The summed E-state index contributed by atoms with van der Waals surface area (Å²) in [4.78, 5) is 0. The van der Waals surface area contributed by atoms with Crippen molar-refractivity contribution in [1.29, 1.82) is 0 Å². The Balaban J connectivity index is 1.42. The van der Waals surface area contributed by atoms with Crippen molar-refractivity contribution in [1.82, 2.24) is 4.57 Å². The van der Waals surface area contributed by atoms with E-state index in [9.17, 15) is 0 Å². The highest BCUT2D eigenvalue weighted by molar-refractivity contribution is 6.10. The van der Waals surface area contributed by atoms with Gasteiger partial charge >= 0.3 is 0 Å². The summed E-state index contributed by atoms with van der Waals surface area (Å²) in [6, 6.07) is 44.3. The van der Waals surface area contributed by atoms with Crippen molar-refractivity contribution in [3.63, 3.8) is 0 Å². The van der Waals surface area contributed by atoms with Gasteiger partial charge in [-0.3, -0.25) is 0 Å². The first kappa shape index (κ1) is 19.1. The first-order valence-electron chi connectivity index (χ1n) is 11.8.